The monoisotopic (exact) mass is 259 g/mol. The van der Waals surface area contributed by atoms with E-state index in [1.807, 2.05) is 12.1 Å². The predicted molar refractivity (Wildman–Crippen MR) is 78.3 cm³/mol. The van der Waals surface area contributed by atoms with Crippen LogP contribution in [0.2, 0.25) is 0 Å². The first kappa shape index (κ1) is 13.0. The summed E-state index contributed by atoms with van der Waals surface area (Å²) in [5.41, 5.74) is 3.24. The summed E-state index contributed by atoms with van der Waals surface area (Å²) < 4.78 is 0. The van der Waals surface area contributed by atoms with E-state index in [-0.39, 0.29) is 0 Å². The Hall–Kier alpha value is -1.02. The maximum atomic E-state index is 9.72. The van der Waals surface area contributed by atoms with E-state index in [1.165, 1.54) is 43.2 Å². The van der Waals surface area contributed by atoms with E-state index in [2.05, 4.69) is 25.2 Å². The summed E-state index contributed by atoms with van der Waals surface area (Å²) in [5, 5.41) is 13.6. The summed E-state index contributed by atoms with van der Waals surface area (Å²) in [4.78, 5) is 0. The summed E-state index contributed by atoms with van der Waals surface area (Å²) in [6.45, 7) is 4.74. The van der Waals surface area contributed by atoms with Crippen LogP contribution in [0.4, 0.5) is 0 Å². The van der Waals surface area contributed by atoms with Gasteiger partial charge in [-0.15, -0.1) is 0 Å². The molecule has 0 aromatic heterocycles. The van der Waals surface area contributed by atoms with Crippen molar-refractivity contribution in [3.63, 3.8) is 0 Å². The number of hydrogen-bond acceptors (Lipinski definition) is 2. The van der Waals surface area contributed by atoms with Gasteiger partial charge in [-0.1, -0.05) is 19.9 Å². The molecule has 0 saturated heterocycles. The molecule has 2 N–H and O–H groups in total. The van der Waals surface area contributed by atoms with Gasteiger partial charge in [0.15, 0.2) is 0 Å². The molecular weight excluding hydrogens is 234 g/mol. The fraction of sp³-hybridized carbons (Fsp3) is 0.647. The van der Waals surface area contributed by atoms with Crippen LogP contribution < -0.4 is 5.32 Å². The lowest BCUT2D eigenvalue weighted by Gasteiger charge is -2.30. The molecule has 2 nitrogen and oxygen atoms in total. The molecule has 104 valence electrons. The first-order valence-corrected chi connectivity index (χ1v) is 7.61. The van der Waals surface area contributed by atoms with Gasteiger partial charge in [-0.3, -0.25) is 0 Å². The van der Waals surface area contributed by atoms with Crippen LogP contribution in [-0.4, -0.2) is 11.1 Å². The van der Waals surface area contributed by atoms with Gasteiger partial charge in [0.05, 0.1) is 0 Å². The molecular formula is C17H25NO. The van der Waals surface area contributed by atoms with Crippen LogP contribution in [0.1, 0.15) is 63.1 Å². The fourth-order valence-electron chi connectivity index (χ4n) is 3.82. The Morgan fingerprint density at radius 1 is 1.26 bits per heavy atom. The van der Waals surface area contributed by atoms with E-state index in [9.17, 15) is 5.11 Å². The van der Waals surface area contributed by atoms with Crippen LogP contribution in [0.5, 0.6) is 5.75 Å². The number of benzene rings is 1. The molecule has 0 heterocycles. The van der Waals surface area contributed by atoms with Crippen molar-refractivity contribution in [2.75, 3.05) is 0 Å². The third kappa shape index (κ3) is 2.79. The van der Waals surface area contributed by atoms with E-state index >= 15 is 0 Å². The topological polar surface area (TPSA) is 32.3 Å². The second-order valence-electron chi connectivity index (χ2n) is 7.10. The van der Waals surface area contributed by atoms with Crippen LogP contribution >= 0.6 is 0 Å². The van der Waals surface area contributed by atoms with Crippen molar-refractivity contribution < 1.29 is 5.11 Å². The second-order valence-corrected chi connectivity index (χ2v) is 7.10. The standard InChI is InChI=1S/C17H25NO/c1-17(2)9-8-13(11-17)18-16-5-3-4-12-6-7-14(19)10-15(12)16/h6-7,10,13,16,18-19H,3-5,8-9,11H2,1-2H3. The molecule has 3 rings (SSSR count). The van der Waals surface area contributed by atoms with Crippen molar-refractivity contribution in [1.82, 2.24) is 5.32 Å². The minimum atomic E-state index is 0.402. The number of nitrogens with one attached hydrogen (secondary N) is 1. The summed E-state index contributed by atoms with van der Waals surface area (Å²) >= 11 is 0. The first-order chi connectivity index (χ1) is 9.03. The van der Waals surface area contributed by atoms with Crippen LogP contribution in [0, 0.1) is 5.41 Å². The van der Waals surface area contributed by atoms with Crippen molar-refractivity contribution in [2.24, 2.45) is 5.41 Å². The second kappa shape index (κ2) is 4.82. The Labute approximate surface area is 116 Å². The molecule has 1 fully saturated rings. The molecule has 0 spiro atoms. The number of aromatic hydroxyl groups is 1. The average Bonchev–Trinajstić information content (AvgIpc) is 2.69. The van der Waals surface area contributed by atoms with Gasteiger partial charge in [0.2, 0.25) is 0 Å². The Morgan fingerprint density at radius 3 is 2.84 bits per heavy atom. The number of aryl methyl sites for hydroxylation is 1. The molecule has 1 aromatic rings. The molecule has 2 unspecified atom stereocenters. The minimum absolute atomic E-state index is 0.402. The number of fused-ring (bicyclic) bond motifs is 1. The zero-order valence-electron chi connectivity index (χ0n) is 12.1. The lowest BCUT2D eigenvalue weighted by Crippen LogP contribution is -2.33. The number of phenols is 1. The van der Waals surface area contributed by atoms with Gasteiger partial charge in [-0.2, -0.15) is 0 Å². The minimum Gasteiger partial charge on any atom is -0.508 e. The highest BCUT2D eigenvalue weighted by Crippen LogP contribution is 2.39. The molecule has 2 aliphatic rings. The van der Waals surface area contributed by atoms with Crippen LogP contribution in [0.15, 0.2) is 18.2 Å². The highest BCUT2D eigenvalue weighted by Gasteiger charge is 2.33. The Bertz CT molecular complexity index is 466. The zero-order valence-corrected chi connectivity index (χ0v) is 12.1. The lowest BCUT2D eigenvalue weighted by atomic mass is 9.86. The summed E-state index contributed by atoms with van der Waals surface area (Å²) in [7, 11) is 0. The SMILES string of the molecule is CC1(C)CCC(NC2CCCc3ccc(O)cc32)C1. The lowest BCUT2D eigenvalue weighted by molar-refractivity contribution is 0.342. The summed E-state index contributed by atoms with van der Waals surface area (Å²) in [6.07, 6.45) is 7.50. The maximum Gasteiger partial charge on any atom is 0.115 e. The van der Waals surface area contributed by atoms with Crippen molar-refractivity contribution in [1.29, 1.82) is 0 Å². The highest BCUT2D eigenvalue weighted by atomic mass is 16.3. The molecule has 1 saturated carbocycles. The molecule has 2 atom stereocenters. The first-order valence-electron chi connectivity index (χ1n) is 7.61. The molecule has 0 amide bonds. The van der Waals surface area contributed by atoms with E-state index in [0.29, 0.717) is 23.2 Å². The molecule has 1 aromatic carbocycles. The number of phenolic OH excluding ortho intramolecular Hbond substituents is 1. The smallest absolute Gasteiger partial charge is 0.115 e. The van der Waals surface area contributed by atoms with Crippen molar-refractivity contribution in [3.05, 3.63) is 29.3 Å². The normalized spacial score (nSPS) is 29.2. The van der Waals surface area contributed by atoms with Crippen molar-refractivity contribution >= 4 is 0 Å². The number of rotatable bonds is 2. The fourth-order valence-corrected chi connectivity index (χ4v) is 3.82. The van der Waals surface area contributed by atoms with E-state index in [4.69, 9.17) is 0 Å². The van der Waals surface area contributed by atoms with Crippen LogP contribution in [0.3, 0.4) is 0 Å². The van der Waals surface area contributed by atoms with Crippen molar-refractivity contribution in [3.8, 4) is 5.75 Å². The van der Waals surface area contributed by atoms with E-state index in [0.717, 1.165) is 6.42 Å². The van der Waals surface area contributed by atoms with Gasteiger partial charge in [0.25, 0.3) is 0 Å². The molecule has 0 radical (unpaired) electrons. The van der Waals surface area contributed by atoms with Gasteiger partial charge in [-0.05, 0) is 67.2 Å². The van der Waals surface area contributed by atoms with Gasteiger partial charge >= 0.3 is 0 Å². The van der Waals surface area contributed by atoms with Crippen LogP contribution in [0.25, 0.3) is 0 Å². The van der Waals surface area contributed by atoms with Gasteiger partial charge in [-0.25, -0.2) is 0 Å². The average molecular weight is 259 g/mol. The zero-order chi connectivity index (χ0) is 13.5. The maximum absolute atomic E-state index is 9.72. The van der Waals surface area contributed by atoms with Gasteiger partial charge in [0.1, 0.15) is 5.75 Å². The third-order valence-corrected chi connectivity index (χ3v) is 4.85. The quantitative estimate of drug-likeness (QED) is 0.843. The van der Waals surface area contributed by atoms with Gasteiger partial charge in [0, 0.05) is 12.1 Å². The van der Waals surface area contributed by atoms with E-state index < -0.39 is 0 Å². The highest BCUT2D eigenvalue weighted by molar-refractivity contribution is 5.38. The van der Waals surface area contributed by atoms with E-state index in [1.54, 1.807) is 0 Å². The van der Waals surface area contributed by atoms with Crippen molar-refractivity contribution in [2.45, 2.75) is 64.5 Å². The molecule has 2 heteroatoms. The Morgan fingerprint density at radius 2 is 2.11 bits per heavy atom. The third-order valence-electron chi connectivity index (χ3n) is 4.85. The molecule has 0 aliphatic heterocycles. The Balaban J connectivity index is 1.75. The van der Waals surface area contributed by atoms with Crippen LogP contribution in [-0.2, 0) is 6.42 Å². The Kier molecular flexibility index (Phi) is 3.30. The molecule has 0 bridgehead atoms. The summed E-state index contributed by atoms with van der Waals surface area (Å²) in [6, 6.07) is 6.96. The number of hydrogen-bond donors (Lipinski definition) is 2. The summed E-state index contributed by atoms with van der Waals surface area (Å²) in [5.74, 6) is 0.402. The molecule has 19 heavy (non-hydrogen) atoms. The molecule has 2 aliphatic carbocycles. The van der Waals surface area contributed by atoms with Gasteiger partial charge < -0.3 is 10.4 Å². The largest absolute Gasteiger partial charge is 0.508 e. The predicted octanol–water partition coefficient (Wildman–Crippen LogP) is 3.94.